The van der Waals surface area contributed by atoms with E-state index in [0.29, 0.717) is 28.3 Å². The van der Waals surface area contributed by atoms with Crippen LogP contribution in [0, 0.1) is 18.7 Å². The number of hydrogen-bond acceptors (Lipinski definition) is 3. The van der Waals surface area contributed by atoms with Crippen molar-refractivity contribution in [3.05, 3.63) is 69.5 Å². The predicted octanol–water partition coefficient (Wildman–Crippen LogP) is 3.91. The highest BCUT2D eigenvalue weighted by atomic mass is 35.5. The predicted molar refractivity (Wildman–Crippen MR) is 111 cm³/mol. The van der Waals surface area contributed by atoms with E-state index in [-0.39, 0.29) is 36.0 Å². The normalized spacial score (nSPS) is 19.2. The summed E-state index contributed by atoms with van der Waals surface area (Å²) in [6.07, 6.45) is -0.306. The Morgan fingerprint density at radius 2 is 2.03 bits per heavy atom. The van der Waals surface area contributed by atoms with Gasteiger partial charge >= 0.3 is 0 Å². The fourth-order valence-electron chi connectivity index (χ4n) is 3.23. The fourth-order valence-corrected chi connectivity index (χ4v) is 3.46. The molecule has 1 aliphatic rings. The van der Waals surface area contributed by atoms with Crippen LogP contribution in [-0.4, -0.2) is 11.8 Å². The minimum Gasteiger partial charge on any atom is -0.352 e. The smallest absolute Gasteiger partial charge is 0.223 e. The summed E-state index contributed by atoms with van der Waals surface area (Å²) in [4.78, 5) is 24.2. The van der Waals surface area contributed by atoms with Crippen LogP contribution >= 0.6 is 11.6 Å². The molecule has 0 aromatic heterocycles. The van der Waals surface area contributed by atoms with Gasteiger partial charge in [-0.05, 0) is 41.8 Å². The Morgan fingerprint density at radius 1 is 1.28 bits per heavy atom. The summed E-state index contributed by atoms with van der Waals surface area (Å²) in [5.74, 6) is -0.578. The monoisotopic (exact) mass is 417 g/mol. The van der Waals surface area contributed by atoms with Crippen LogP contribution in [0.4, 0.5) is 4.39 Å². The number of rotatable bonds is 5. The molecule has 0 saturated carbocycles. The van der Waals surface area contributed by atoms with E-state index in [0.717, 1.165) is 5.56 Å². The Kier molecular flexibility index (Phi) is 6.55. The lowest BCUT2D eigenvalue weighted by atomic mass is 9.97. The van der Waals surface area contributed by atoms with Crippen LogP contribution in [0.5, 0.6) is 0 Å². The molecule has 0 aliphatic carbocycles. The molecule has 0 radical (unpaired) electrons. The highest BCUT2D eigenvalue weighted by Crippen LogP contribution is 2.30. The Morgan fingerprint density at radius 3 is 2.72 bits per heavy atom. The van der Waals surface area contributed by atoms with Crippen molar-refractivity contribution in [1.29, 1.82) is 0 Å². The zero-order valence-electron chi connectivity index (χ0n) is 16.7. The maximum Gasteiger partial charge on any atom is 0.223 e. The zero-order chi connectivity index (χ0) is 21.1. The molecule has 154 valence electrons. The molecule has 1 aliphatic heterocycles. The van der Waals surface area contributed by atoms with Crippen LogP contribution in [0.1, 0.15) is 54.7 Å². The Hall–Kier alpha value is -2.44. The van der Waals surface area contributed by atoms with Gasteiger partial charge in [0, 0.05) is 35.5 Å². The molecule has 0 spiro atoms. The molecule has 29 heavy (non-hydrogen) atoms. The zero-order valence-corrected chi connectivity index (χ0v) is 17.4. The van der Waals surface area contributed by atoms with Crippen LogP contribution in [0.15, 0.2) is 36.4 Å². The SMILES string of the molecule is Cc1ccc(C2CC(=O)NC(c3cc(CNC(=O)C(C)C)ccc3Cl)N2)cc1F. The summed E-state index contributed by atoms with van der Waals surface area (Å²) < 4.78 is 14.0. The molecule has 2 atom stereocenters. The van der Waals surface area contributed by atoms with Crippen molar-refractivity contribution in [2.75, 3.05) is 0 Å². The van der Waals surface area contributed by atoms with Crippen LogP contribution < -0.4 is 16.0 Å². The lowest BCUT2D eigenvalue weighted by Crippen LogP contribution is -2.46. The van der Waals surface area contributed by atoms with Gasteiger partial charge < -0.3 is 10.6 Å². The van der Waals surface area contributed by atoms with E-state index in [9.17, 15) is 14.0 Å². The van der Waals surface area contributed by atoms with E-state index in [4.69, 9.17) is 11.6 Å². The standard InChI is InChI=1S/C22H25ClFN3O2/c1-12(2)22(29)25-11-14-5-7-17(23)16(8-14)21-26-19(10-20(28)27-21)15-6-4-13(3)18(24)9-15/h4-9,12,19,21,26H,10-11H2,1-3H3,(H,25,29)(H,27,28). The Bertz CT molecular complexity index is 932. The minimum atomic E-state index is -0.515. The Labute approximate surface area is 175 Å². The first kappa shape index (κ1) is 21.3. The van der Waals surface area contributed by atoms with Gasteiger partial charge in [-0.1, -0.05) is 43.6 Å². The molecule has 3 N–H and O–H groups in total. The van der Waals surface area contributed by atoms with Gasteiger partial charge in [-0.2, -0.15) is 0 Å². The second kappa shape index (κ2) is 8.93. The number of carbonyl (C=O) groups is 2. The van der Waals surface area contributed by atoms with Crippen LogP contribution in [0.25, 0.3) is 0 Å². The van der Waals surface area contributed by atoms with E-state index in [2.05, 4.69) is 16.0 Å². The Balaban J connectivity index is 1.81. The highest BCUT2D eigenvalue weighted by Gasteiger charge is 2.29. The largest absolute Gasteiger partial charge is 0.352 e. The molecule has 2 amide bonds. The molecule has 7 heteroatoms. The molecule has 2 aromatic carbocycles. The minimum absolute atomic E-state index is 0.0351. The van der Waals surface area contributed by atoms with Gasteiger partial charge in [0.1, 0.15) is 12.0 Å². The third-order valence-corrected chi connectivity index (χ3v) is 5.37. The number of amides is 2. The number of halogens is 2. The number of aryl methyl sites for hydroxylation is 1. The van der Waals surface area contributed by atoms with Crippen molar-refractivity contribution in [3.63, 3.8) is 0 Å². The second-order valence-electron chi connectivity index (χ2n) is 7.66. The summed E-state index contributed by atoms with van der Waals surface area (Å²) in [5, 5.41) is 9.61. The quantitative estimate of drug-likeness (QED) is 0.690. The topological polar surface area (TPSA) is 70.2 Å². The third-order valence-electron chi connectivity index (χ3n) is 5.02. The van der Waals surface area contributed by atoms with Crippen molar-refractivity contribution >= 4 is 23.4 Å². The maximum atomic E-state index is 14.0. The molecular weight excluding hydrogens is 393 g/mol. The molecule has 3 rings (SSSR count). The van der Waals surface area contributed by atoms with E-state index >= 15 is 0 Å². The average Bonchev–Trinajstić information content (AvgIpc) is 2.68. The van der Waals surface area contributed by atoms with Gasteiger partial charge in [-0.15, -0.1) is 0 Å². The number of benzene rings is 2. The summed E-state index contributed by atoms with van der Waals surface area (Å²) >= 11 is 6.39. The van der Waals surface area contributed by atoms with Gasteiger partial charge in [-0.3, -0.25) is 14.9 Å². The van der Waals surface area contributed by atoms with Crippen molar-refractivity contribution in [2.45, 2.75) is 45.9 Å². The van der Waals surface area contributed by atoms with E-state index in [1.165, 1.54) is 6.07 Å². The van der Waals surface area contributed by atoms with Gasteiger partial charge in [0.15, 0.2) is 0 Å². The van der Waals surface area contributed by atoms with Gasteiger partial charge in [-0.25, -0.2) is 4.39 Å². The van der Waals surface area contributed by atoms with Crippen molar-refractivity contribution < 1.29 is 14.0 Å². The van der Waals surface area contributed by atoms with Crippen LogP contribution in [0.3, 0.4) is 0 Å². The average molecular weight is 418 g/mol. The maximum absolute atomic E-state index is 14.0. The van der Waals surface area contributed by atoms with Crippen LogP contribution in [-0.2, 0) is 16.1 Å². The molecule has 1 heterocycles. The first-order valence-electron chi connectivity index (χ1n) is 9.62. The van der Waals surface area contributed by atoms with E-state index in [1.807, 2.05) is 32.0 Å². The third kappa shape index (κ3) is 5.14. The van der Waals surface area contributed by atoms with Gasteiger partial charge in [0.05, 0.1) is 0 Å². The van der Waals surface area contributed by atoms with Crippen LogP contribution in [0.2, 0.25) is 5.02 Å². The lowest BCUT2D eigenvalue weighted by Gasteiger charge is -2.33. The summed E-state index contributed by atoms with van der Waals surface area (Å²) in [5.41, 5.74) is 2.85. The summed E-state index contributed by atoms with van der Waals surface area (Å²) in [6.45, 7) is 5.73. The van der Waals surface area contributed by atoms with Crippen molar-refractivity contribution in [2.24, 2.45) is 5.92 Å². The lowest BCUT2D eigenvalue weighted by molar-refractivity contribution is -0.125. The first-order chi connectivity index (χ1) is 13.7. The van der Waals surface area contributed by atoms with Gasteiger partial charge in [0.2, 0.25) is 11.8 Å². The molecule has 2 aromatic rings. The first-order valence-corrected chi connectivity index (χ1v) is 10.00. The molecular formula is C22H25ClFN3O2. The summed E-state index contributed by atoms with van der Waals surface area (Å²) in [6, 6.07) is 10.1. The second-order valence-corrected chi connectivity index (χ2v) is 8.07. The fraction of sp³-hybridized carbons (Fsp3) is 0.364. The van der Waals surface area contributed by atoms with E-state index in [1.54, 1.807) is 19.1 Å². The van der Waals surface area contributed by atoms with Gasteiger partial charge in [0.25, 0.3) is 0 Å². The highest BCUT2D eigenvalue weighted by molar-refractivity contribution is 6.31. The molecule has 1 saturated heterocycles. The van der Waals surface area contributed by atoms with Crippen molar-refractivity contribution in [1.82, 2.24) is 16.0 Å². The number of carbonyl (C=O) groups excluding carboxylic acids is 2. The number of hydrogen-bond donors (Lipinski definition) is 3. The molecule has 1 fully saturated rings. The van der Waals surface area contributed by atoms with E-state index < -0.39 is 6.17 Å². The molecule has 0 bridgehead atoms. The summed E-state index contributed by atoms with van der Waals surface area (Å²) in [7, 11) is 0. The molecule has 2 unspecified atom stereocenters. The van der Waals surface area contributed by atoms with Crippen molar-refractivity contribution in [3.8, 4) is 0 Å². The number of nitrogens with one attached hydrogen (secondary N) is 3. The molecule has 5 nitrogen and oxygen atoms in total.